The van der Waals surface area contributed by atoms with E-state index < -0.39 is 0 Å². The fourth-order valence-corrected chi connectivity index (χ4v) is 3.61. The van der Waals surface area contributed by atoms with Gasteiger partial charge in [-0.3, -0.25) is 0 Å². The predicted octanol–water partition coefficient (Wildman–Crippen LogP) is 1.98. The lowest BCUT2D eigenvalue weighted by atomic mass is 10.0. The molecule has 1 aliphatic heterocycles. The summed E-state index contributed by atoms with van der Waals surface area (Å²) in [7, 11) is 1.68. The molecule has 102 valence electrons. The number of nitrogens with zero attached hydrogens (tertiary/aromatic N) is 2. The van der Waals surface area contributed by atoms with Crippen LogP contribution in [0.5, 0.6) is 0 Å². The maximum absolute atomic E-state index is 5.42. The quantitative estimate of drug-likeness (QED) is 0.853. The molecule has 0 bridgehead atoms. The summed E-state index contributed by atoms with van der Waals surface area (Å²) in [5.41, 5.74) is 0. The number of hydrogen-bond donors (Lipinski definition) is 1. The van der Waals surface area contributed by atoms with Crippen LogP contribution in [0.3, 0.4) is 0 Å². The summed E-state index contributed by atoms with van der Waals surface area (Å²) in [5.74, 6) is 3.89. The van der Waals surface area contributed by atoms with Crippen LogP contribution in [0.15, 0.2) is 4.52 Å². The van der Waals surface area contributed by atoms with Gasteiger partial charge in [-0.2, -0.15) is 16.7 Å². The fourth-order valence-electron chi connectivity index (χ4n) is 2.24. The zero-order chi connectivity index (χ0) is 13.0. The van der Waals surface area contributed by atoms with Crippen LogP contribution in [0.4, 0.5) is 0 Å². The highest BCUT2D eigenvalue weighted by Crippen LogP contribution is 2.32. The molecule has 0 saturated carbocycles. The van der Waals surface area contributed by atoms with E-state index >= 15 is 0 Å². The van der Waals surface area contributed by atoms with Crippen molar-refractivity contribution in [2.75, 3.05) is 25.2 Å². The second-order valence-electron chi connectivity index (χ2n) is 4.43. The molecule has 5 nitrogen and oxygen atoms in total. The molecule has 0 aliphatic carbocycles. The molecule has 1 saturated heterocycles. The minimum Gasteiger partial charge on any atom is -0.373 e. The minimum absolute atomic E-state index is 0.0610. The van der Waals surface area contributed by atoms with Gasteiger partial charge in [0, 0.05) is 24.7 Å². The van der Waals surface area contributed by atoms with Gasteiger partial charge in [-0.1, -0.05) is 19.0 Å². The largest absolute Gasteiger partial charge is 0.373 e. The Morgan fingerprint density at radius 3 is 3.00 bits per heavy atom. The predicted molar refractivity (Wildman–Crippen MR) is 71.9 cm³/mol. The van der Waals surface area contributed by atoms with Crippen LogP contribution >= 0.6 is 11.8 Å². The van der Waals surface area contributed by atoms with Crippen molar-refractivity contribution in [3.8, 4) is 0 Å². The first-order chi connectivity index (χ1) is 8.80. The molecular weight excluding hydrogens is 250 g/mol. The third-order valence-corrected chi connectivity index (χ3v) is 4.45. The zero-order valence-electron chi connectivity index (χ0n) is 11.2. The molecule has 2 rings (SSSR count). The van der Waals surface area contributed by atoms with Crippen LogP contribution < -0.4 is 5.32 Å². The van der Waals surface area contributed by atoms with Gasteiger partial charge in [0.15, 0.2) is 0 Å². The number of aromatic nitrogens is 2. The summed E-state index contributed by atoms with van der Waals surface area (Å²) in [6.07, 6.45) is 0.792. The molecule has 1 aromatic heterocycles. The minimum atomic E-state index is -0.0610. The number of ether oxygens (including phenoxy) is 1. The second kappa shape index (κ2) is 6.54. The molecule has 6 heteroatoms. The van der Waals surface area contributed by atoms with Gasteiger partial charge in [0.05, 0.1) is 5.92 Å². The Bertz CT molecular complexity index is 368. The average molecular weight is 271 g/mol. The number of methoxy groups -OCH3 is 1. The average Bonchev–Trinajstić information content (AvgIpc) is 3.00. The van der Waals surface area contributed by atoms with Crippen molar-refractivity contribution in [1.29, 1.82) is 0 Å². The molecule has 1 aromatic rings. The molecule has 18 heavy (non-hydrogen) atoms. The van der Waals surface area contributed by atoms with Gasteiger partial charge in [-0.15, -0.1) is 0 Å². The number of rotatable bonds is 6. The molecule has 1 N–H and O–H groups in total. The van der Waals surface area contributed by atoms with Crippen molar-refractivity contribution in [2.24, 2.45) is 0 Å². The Balaban J connectivity index is 2.09. The van der Waals surface area contributed by atoms with E-state index in [0.717, 1.165) is 30.4 Å². The van der Waals surface area contributed by atoms with Crippen LogP contribution in [0.25, 0.3) is 0 Å². The molecule has 0 amide bonds. The van der Waals surface area contributed by atoms with Crippen molar-refractivity contribution in [3.05, 3.63) is 11.7 Å². The molecule has 3 atom stereocenters. The van der Waals surface area contributed by atoms with Gasteiger partial charge in [0.2, 0.25) is 11.7 Å². The summed E-state index contributed by atoms with van der Waals surface area (Å²) in [4.78, 5) is 4.51. The third-order valence-electron chi connectivity index (χ3n) is 3.26. The SMILES string of the molecule is CCNC1CSCC1c1nc(C(CC)OC)no1. The van der Waals surface area contributed by atoms with Gasteiger partial charge in [-0.05, 0) is 13.0 Å². The van der Waals surface area contributed by atoms with E-state index in [2.05, 4.69) is 29.3 Å². The Morgan fingerprint density at radius 1 is 1.50 bits per heavy atom. The van der Waals surface area contributed by atoms with Crippen molar-refractivity contribution in [2.45, 2.75) is 38.3 Å². The molecule has 0 aromatic carbocycles. The lowest BCUT2D eigenvalue weighted by molar-refractivity contribution is 0.0903. The zero-order valence-corrected chi connectivity index (χ0v) is 12.0. The van der Waals surface area contributed by atoms with E-state index in [1.54, 1.807) is 7.11 Å². The monoisotopic (exact) mass is 271 g/mol. The van der Waals surface area contributed by atoms with E-state index in [4.69, 9.17) is 9.26 Å². The van der Waals surface area contributed by atoms with Crippen LogP contribution in [0.1, 0.15) is 44.0 Å². The maximum Gasteiger partial charge on any atom is 0.232 e. The highest BCUT2D eigenvalue weighted by Gasteiger charge is 2.33. The standard InChI is InChI=1S/C12H21N3O2S/c1-4-10(16-3)11-14-12(17-15-11)8-6-18-7-9(8)13-5-2/h8-10,13H,4-7H2,1-3H3. The van der Waals surface area contributed by atoms with Crippen molar-refractivity contribution >= 4 is 11.8 Å². The van der Waals surface area contributed by atoms with E-state index in [-0.39, 0.29) is 6.10 Å². The van der Waals surface area contributed by atoms with E-state index in [0.29, 0.717) is 17.8 Å². The second-order valence-corrected chi connectivity index (χ2v) is 5.51. The van der Waals surface area contributed by atoms with Gasteiger partial charge in [0.1, 0.15) is 6.10 Å². The van der Waals surface area contributed by atoms with Gasteiger partial charge >= 0.3 is 0 Å². The summed E-state index contributed by atoms with van der Waals surface area (Å²) in [5, 5.41) is 7.53. The first-order valence-electron chi connectivity index (χ1n) is 6.47. The topological polar surface area (TPSA) is 60.2 Å². The lowest BCUT2D eigenvalue weighted by Crippen LogP contribution is -2.34. The number of nitrogens with one attached hydrogen (secondary N) is 1. The summed E-state index contributed by atoms with van der Waals surface area (Å²) < 4.78 is 10.7. The van der Waals surface area contributed by atoms with Crippen LogP contribution in [0, 0.1) is 0 Å². The van der Waals surface area contributed by atoms with Crippen molar-refractivity contribution in [1.82, 2.24) is 15.5 Å². The van der Waals surface area contributed by atoms with E-state index in [1.165, 1.54) is 0 Å². The van der Waals surface area contributed by atoms with Gasteiger partial charge in [0.25, 0.3) is 0 Å². The fraction of sp³-hybridized carbons (Fsp3) is 0.833. The van der Waals surface area contributed by atoms with Gasteiger partial charge in [-0.25, -0.2) is 0 Å². The van der Waals surface area contributed by atoms with Crippen molar-refractivity contribution in [3.63, 3.8) is 0 Å². The highest BCUT2D eigenvalue weighted by molar-refractivity contribution is 7.99. The highest BCUT2D eigenvalue weighted by atomic mass is 32.2. The molecule has 0 radical (unpaired) electrons. The Morgan fingerprint density at radius 2 is 2.33 bits per heavy atom. The van der Waals surface area contributed by atoms with Gasteiger partial charge < -0.3 is 14.6 Å². The first-order valence-corrected chi connectivity index (χ1v) is 7.63. The lowest BCUT2D eigenvalue weighted by Gasteiger charge is -2.15. The smallest absolute Gasteiger partial charge is 0.232 e. The number of hydrogen-bond acceptors (Lipinski definition) is 6. The normalized spacial score (nSPS) is 25.5. The van der Waals surface area contributed by atoms with Crippen LogP contribution in [0.2, 0.25) is 0 Å². The molecule has 2 heterocycles. The summed E-state index contributed by atoms with van der Waals surface area (Å²) in [6, 6.07) is 0.441. The van der Waals surface area contributed by atoms with E-state index in [1.807, 2.05) is 11.8 Å². The van der Waals surface area contributed by atoms with Crippen LogP contribution in [-0.4, -0.2) is 41.3 Å². The summed E-state index contributed by atoms with van der Waals surface area (Å²) >= 11 is 1.93. The maximum atomic E-state index is 5.42. The molecule has 1 fully saturated rings. The van der Waals surface area contributed by atoms with Crippen molar-refractivity contribution < 1.29 is 9.26 Å². The Hall–Kier alpha value is -0.590. The molecule has 0 spiro atoms. The van der Waals surface area contributed by atoms with Crippen LogP contribution in [-0.2, 0) is 4.74 Å². The number of likely N-dealkylation sites (N-methyl/N-ethyl adjacent to an activating group) is 1. The third kappa shape index (κ3) is 2.87. The first kappa shape index (κ1) is 13.8. The molecule has 3 unspecified atom stereocenters. The number of thioether (sulfide) groups is 1. The summed E-state index contributed by atoms with van der Waals surface area (Å²) in [6.45, 7) is 5.15. The van der Waals surface area contributed by atoms with E-state index in [9.17, 15) is 0 Å². The Kier molecular flexibility index (Phi) is 5.03. The Labute approximate surface area is 112 Å². The molecule has 1 aliphatic rings. The molecular formula is C12H21N3O2S.